The summed E-state index contributed by atoms with van der Waals surface area (Å²) in [7, 11) is 0. The van der Waals surface area contributed by atoms with Crippen molar-refractivity contribution in [1.29, 1.82) is 0 Å². The van der Waals surface area contributed by atoms with Crippen LogP contribution >= 0.6 is 46.3 Å². The lowest BCUT2D eigenvalue weighted by Crippen LogP contribution is -2.43. The van der Waals surface area contributed by atoms with Gasteiger partial charge < -0.3 is 4.90 Å². The lowest BCUT2D eigenvalue weighted by atomic mass is 10.2. The van der Waals surface area contributed by atoms with Gasteiger partial charge in [0.05, 0.1) is 10.8 Å². The highest BCUT2D eigenvalue weighted by atomic mass is 35.5. The first-order valence-corrected chi connectivity index (χ1v) is 7.83. The number of rotatable bonds is 2. The van der Waals surface area contributed by atoms with Crippen LogP contribution in [0, 0.1) is 0 Å². The molecule has 2 heterocycles. The van der Waals surface area contributed by atoms with Gasteiger partial charge in [-0.2, -0.15) is 11.8 Å². The molecule has 0 aromatic carbocycles. The van der Waals surface area contributed by atoms with Crippen LogP contribution in [-0.4, -0.2) is 28.6 Å². The molecule has 2 nitrogen and oxygen atoms in total. The topological polar surface area (TPSA) is 16.1 Å². The number of hydrogen-bond donors (Lipinski definition) is 0. The van der Waals surface area contributed by atoms with Crippen LogP contribution in [0.15, 0.2) is 0 Å². The third kappa shape index (κ3) is 2.78. The van der Waals surface area contributed by atoms with Crippen molar-refractivity contribution in [2.75, 3.05) is 23.7 Å². The van der Waals surface area contributed by atoms with E-state index in [2.05, 4.69) is 23.7 Å². The molecule has 0 N–H and O–H groups in total. The summed E-state index contributed by atoms with van der Waals surface area (Å²) in [5.74, 6) is 1.59. The quantitative estimate of drug-likeness (QED) is 0.771. The average molecular weight is 297 g/mol. The molecule has 0 atom stereocenters. The van der Waals surface area contributed by atoms with E-state index in [9.17, 15) is 0 Å². The second-order valence-corrected chi connectivity index (χ2v) is 7.86. The molecule has 0 bridgehead atoms. The number of nitrogens with zero attached hydrogens (tertiary/aromatic N) is 2. The number of thiazole rings is 1. The molecular formula is C10H14Cl2N2S2. The molecule has 90 valence electrons. The molecule has 16 heavy (non-hydrogen) atoms. The maximum Gasteiger partial charge on any atom is 0.187 e. The zero-order chi connectivity index (χ0) is 11.8. The maximum absolute atomic E-state index is 6.02. The van der Waals surface area contributed by atoms with E-state index in [1.165, 1.54) is 0 Å². The second kappa shape index (κ2) is 4.92. The van der Waals surface area contributed by atoms with E-state index >= 15 is 0 Å². The van der Waals surface area contributed by atoms with E-state index < -0.39 is 0 Å². The van der Waals surface area contributed by atoms with E-state index in [1.54, 1.807) is 11.3 Å². The third-order valence-electron chi connectivity index (χ3n) is 2.46. The molecule has 1 aromatic rings. The van der Waals surface area contributed by atoms with Gasteiger partial charge in [0.2, 0.25) is 0 Å². The Kier molecular flexibility index (Phi) is 3.94. The van der Waals surface area contributed by atoms with Crippen LogP contribution in [0.25, 0.3) is 0 Å². The molecule has 0 saturated carbocycles. The molecule has 1 aromatic heterocycles. The molecule has 1 fully saturated rings. The third-order valence-corrected chi connectivity index (χ3v) is 5.72. The molecule has 6 heteroatoms. The first-order valence-electron chi connectivity index (χ1n) is 5.12. The Morgan fingerprint density at radius 3 is 2.81 bits per heavy atom. The van der Waals surface area contributed by atoms with Crippen LogP contribution < -0.4 is 4.90 Å². The summed E-state index contributed by atoms with van der Waals surface area (Å²) < 4.78 is 0.289. The van der Waals surface area contributed by atoms with E-state index in [0.717, 1.165) is 28.9 Å². The first kappa shape index (κ1) is 12.8. The maximum atomic E-state index is 6.02. The van der Waals surface area contributed by atoms with Gasteiger partial charge in [-0.3, -0.25) is 0 Å². The molecule has 2 rings (SSSR count). The van der Waals surface area contributed by atoms with Gasteiger partial charge in [-0.25, -0.2) is 4.98 Å². The summed E-state index contributed by atoms with van der Waals surface area (Å²) in [4.78, 5) is 7.66. The van der Waals surface area contributed by atoms with Crippen molar-refractivity contribution < 1.29 is 0 Å². The minimum absolute atomic E-state index is 0.289. The highest BCUT2D eigenvalue weighted by Crippen LogP contribution is 2.36. The van der Waals surface area contributed by atoms with Crippen LogP contribution in [0.3, 0.4) is 0 Å². The highest BCUT2D eigenvalue weighted by Gasteiger charge is 2.28. The fourth-order valence-corrected chi connectivity index (χ4v) is 4.33. The summed E-state index contributed by atoms with van der Waals surface area (Å²) in [6.45, 7) is 6.59. The Morgan fingerprint density at radius 1 is 1.50 bits per heavy atom. The molecule has 1 aliphatic heterocycles. The van der Waals surface area contributed by atoms with Crippen molar-refractivity contribution in [3.05, 3.63) is 10.0 Å². The Bertz CT molecular complexity index is 379. The molecule has 0 amide bonds. The van der Waals surface area contributed by atoms with E-state index in [0.29, 0.717) is 11.0 Å². The fraction of sp³-hybridized carbons (Fsp3) is 0.700. The second-order valence-electron chi connectivity index (χ2n) is 4.37. The van der Waals surface area contributed by atoms with Crippen LogP contribution in [0.4, 0.5) is 5.13 Å². The van der Waals surface area contributed by atoms with Crippen LogP contribution in [0.1, 0.15) is 18.7 Å². The predicted octanol–water partition coefficient (Wildman–Crippen LogP) is 3.87. The lowest BCUT2D eigenvalue weighted by molar-refractivity contribution is 0.646. The summed E-state index contributed by atoms with van der Waals surface area (Å²) in [5.41, 5.74) is 0. The van der Waals surface area contributed by atoms with Gasteiger partial charge in [0.15, 0.2) is 5.13 Å². The molecule has 0 unspecified atom stereocenters. The minimum atomic E-state index is 0.289. The van der Waals surface area contributed by atoms with Gasteiger partial charge in [0.1, 0.15) is 5.15 Å². The Morgan fingerprint density at radius 2 is 2.25 bits per heavy atom. The summed E-state index contributed by atoms with van der Waals surface area (Å²) >= 11 is 15.4. The Labute approximate surface area is 114 Å². The molecular weight excluding hydrogens is 283 g/mol. The monoisotopic (exact) mass is 296 g/mol. The molecule has 0 radical (unpaired) electrons. The van der Waals surface area contributed by atoms with E-state index in [1.807, 2.05) is 11.8 Å². The zero-order valence-electron chi connectivity index (χ0n) is 9.30. The lowest BCUT2D eigenvalue weighted by Gasteiger charge is -2.37. The number of thioether (sulfide) groups is 1. The van der Waals surface area contributed by atoms with Gasteiger partial charge in [-0.15, -0.1) is 11.6 Å². The first-order chi connectivity index (χ1) is 7.52. The standard InChI is InChI=1S/C10H14Cl2N2S2/c1-10(2)6-14(3-4-15-10)9-13-8(12)7(5-11)16-9/h3-6H2,1-2H3. The van der Waals surface area contributed by atoms with Crippen LogP contribution in [0.2, 0.25) is 5.15 Å². The van der Waals surface area contributed by atoms with Crippen LogP contribution in [-0.2, 0) is 5.88 Å². The summed E-state index contributed by atoms with van der Waals surface area (Å²) in [6, 6.07) is 0. The summed E-state index contributed by atoms with van der Waals surface area (Å²) in [5, 5.41) is 1.57. The van der Waals surface area contributed by atoms with Gasteiger partial charge in [-0.05, 0) is 13.8 Å². The predicted molar refractivity (Wildman–Crippen MR) is 75.4 cm³/mol. The van der Waals surface area contributed by atoms with Gasteiger partial charge >= 0.3 is 0 Å². The minimum Gasteiger partial charge on any atom is -0.346 e. The average Bonchev–Trinajstić information content (AvgIpc) is 2.58. The molecule has 1 saturated heterocycles. The zero-order valence-corrected chi connectivity index (χ0v) is 12.4. The van der Waals surface area contributed by atoms with Gasteiger partial charge in [0.25, 0.3) is 0 Å². The van der Waals surface area contributed by atoms with E-state index in [-0.39, 0.29) is 4.75 Å². The van der Waals surface area contributed by atoms with Crippen molar-refractivity contribution in [1.82, 2.24) is 4.98 Å². The van der Waals surface area contributed by atoms with Crippen molar-refractivity contribution in [2.24, 2.45) is 0 Å². The summed E-state index contributed by atoms with van der Waals surface area (Å²) in [6.07, 6.45) is 0. The number of halogens is 2. The van der Waals surface area contributed by atoms with E-state index in [4.69, 9.17) is 23.2 Å². The van der Waals surface area contributed by atoms with Gasteiger partial charge in [0, 0.05) is 23.6 Å². The largest absolute Gasteiger partial charge is 0.346 e. The van der Waals surface area contributed by atoms with Gasteiger partial charge in [-0.1, -0.05) is 22.9 Å². The van der Waals surface area contributed by atoms with Crippen molar-refractivity contribution in [3.63, 3.8) is 0 Å². The molecule has 0 aliphatic carbocycles. The van der Waals surface area contributed by atoms with Crippen LogP contribution in [0.5, 0.6) is 0 Å². The Balaban J connectivity index is 2.17. The van der Waals surface area contributed by atoms with Crippen molar-refractivity contribution in [3.8, 4) is 0 Å². The smallest absolute Gasteiger partial charge is 0.187 e. The fourth-order valence-electron chi connectivity index (χ4n) is 1.72. The van der Waals surface area contributed by atoms with Crippen molar-refractivity contribution >= 4 is 51.4 Å². The SMILES string of the molecule is CC1(C)CN(c2nc(Cl)c(CCl)s2)CCS1. The van der Waals surface area contributed by atoms with Crippen molar-refractivity contribution in [2.45, 2.75) is 24.5 Å². The number of alkyl halides is 1. The number of aromatic nitrogens is 1. The normalized spacial score (nSPS) is 20.1. The highest BCUT2D eigenvalue weighted by molar-refractivity contribution is 8.00. The molecule has 0 spiro atoms. The molecule has 1 aliphatic rings. The number of hydrogen-bond acceptors (Lipinski definition) is 4. The Hall–Kier alpha value is 0.360. The number of anilines is 1.